The summed E-state index contributed by atoms with van der Waals surface area (Å²) in [5.41, 5.74) is 0. The Kier molecular flexibility index (Phi) is 9.20. The number of ether oxygens (including phenoxy) is 2. The van der Waals surface area contributed by atoms with Crippen LogP contribution in [0.3, 0.4) is 0 Å². The molecule has 0 aliphatic heterocycles. The molecule has 25 heavy (non-hydrogen) atoms. The fourth-order valence-corrected chi connectivity index (χ4v) is 3.44. The summed E-state index contributed by atoms with van der Waals surface area (Å²) in [6.45, 7) is 5.46. The van der Waals surface area contributed by atoms with Crippen molar-refractivity contribution < 1.29 is 22.7 Å². The van der Waals surface area contributed by atoms with E-state index in [1.54, 1.807) is 0 Å². The molecule has 0 aliphatic rings. The first-order valence-corrected chi connectivity index (χ1v) is 9.87. The highest BCUT2D eigenvalue weighted by Crippen LogP contribution is 2.28. The van der Waals surface area contributed by atoms with E-state index in [1.165, 1.54) is 25.2 Å². The van der Waals surface area contributed by atoms with Crippen LogP contribution in [0.15, 0.2) is 23.1 Å². The lowest BCUT2D eigenvalue weighted by Crippen LogP contribution is -2.38. The van der Waals surface area contributed by atoms with Crippen LogP contribution in [0, 0.1) is 0 Å². The van der Waals surface area contributed by atoms with E-state index in [-0.39, 0.29) is 22.4 Å². The van der Waals surface area contributed by atoms with Gasteiger partial charge in [0.1, 0.15) is 5.75 Å². The first-order chi connectivity index (χ1) is 11.8. The first-order valence-electron chi connectivity index (χ1n) is 8.06. The van der Waals surface area contributed by atoms with Crippen molar-refractivity contribution in [3.63, 3.8) is 0 Å². The van der Waals surface area contributed by atoms with Crippen LogP contribution in [-0.2, 0) is 19.6 Å². The molecule has 7 nitrogen and oxygen atoms in total. The number of likely N-dealkylation sites (N-methyl/N-ethyl adjacent to an activating group) is 1. The maximum absolute atomic E-state index is 12.5. The molecular formula is C16H25ClN2O5S. The van der Waals surface area contributed by atoms with E-state index in [0.717, 1.165) is 4.31 Å². The van der Waals surface area contributed by atoms with Crippen molar-refractivity contribution in [2.45, 2.75) is 25.2 Å². The number of rotatable bonds is 11. The summed E-state index contributed by atoms with van der Waals surface area (Å²) in [6, 6.07) is 4.22. The summed E-state index contributed by atoms with van der Waals surface area (Å²) in [4.78, 5) is 11.9. The lowest BCUT2D eigenvalue weighted by atomic mass is 10.3. The average molecular weight is 393 g/mol. The molecule has 1 aromatic carbocycles. The number of nitrogens with one attached hydrogen (secondary N) is 1. The predicted molar refractivity (Wildman–Crippen MR) is 96.6 cm³/mol. The molecule has 0 radical (unpaired) electrons. The number of carbonyl (C=O) groups excluding carboxylic acids is 1. The van der Waals surface area contributed by atoms with Crippen LogP contribution in [-0.4, -0.2) is 58.6 Å². The van der Waals surface area contributed by atoms with Gasteiger partial charge in [-0.2, -0.15) is 4.31 Å². The lowest BCUT2D eigenvalue weighted by Gasteiger charge is -2.17. The van der Waals surface area contributed by atoms with Crippen molar-refractivity contribution in [1.82, 2.24) is 9.62 Å². The van der Waals surface area contributed by atoms with Crippen LogP contribution in [0.1, 0.15) is 20.3 Å². The van der Waals surface area contributed by atoms with Gasteiger partial charge in [0.2, 0.25) is 15.9 Å². The number of hydrogen-bond acceptors (Lipinski definition) is 5. The van der Waals surface area contributed by atoms with Gasteiger partial charge in [-0.3, -0.25) is 4.79 Å². The highest BCUT2D eigenvalue weighted by atomic mass is 35.5. The minimum atomic E-state index is -3.82. The Bertz CT molecular complexity index is 666. The molecule has 1 rings (SSSR count). The van der Waals surface area contributed by atoms with Gasteiger partial charge in [0, 0.05) is 26.8 Å². The zero-order chi connectivity index (χ0) is 18.9. The summed E-state index contributed by atoms with van der Waals surface area (Å²) in [6.07, 6.45) is 0.671. The van der Waals surface area contributed by atoms with Gasteiger partial charge in [-0.05, 0) is 38.5 Å². The molecule has 0 saturated heterocycles. The molecule has 1 aromatic rings. The Labute approximate surface area is 154 Å². The standard InChI is InChI=1S/C16H25ClN2O5S/c1-4-23-10-6-9-18-16(20)12-19(3)25(21,22)13-7-8-15(24-5-2)14(17)11-13/h7-8,11H,4-6,9-10,12H2,1-3H3,(H,18,20). The van der Waals surface area contributed by atoms with Gasteiger partial charge in [-0.15, -0.1) is 0 Å². The maximum Gasteiger partial charge on any atom is 0.243 e. The number of carbonyl (C=O) groups is 1. The highest BCUT2D eigenvalue weighted by molar-refractivity contribution is 7.89. The Morgan fingerprint density at radius 1 is 1.28 bits per heavy atom. The van der Waals surface area contributed by atoms with Crippen LogP contribution in [0.5, 0.6) is 5.75 Å². The fourth-order valence-electron chi connectivity index (χ4n) is 1.98. The number of benzene rings is 1. The van der Waals surface area contributed by atoms with E-state index >= 15 is 0 Å². The number of sulfonamides is 1. The molecule has 0 unspecified atom stereocenters. The number of hydrogen-bond donors (Lipinski definition) is 1. The summed E-state index contributed by atoms with van der Waals surface area (Å²) >= 11 is 6.04. The molecule has 0 heterocycles. The first kappa shape index (κ1) is 21.7. The maximum atomic E-state index is 12.5. The second kappa shape index (κ2) is 10.6. The van der Waals surface area contributed by atoms with Crippen molar-refractivity contribution in [1.29, 1.82) is 0 Å². The molecule has 1 amide bonds. The molecule has 9 heteroatoms. The molecule has 1 N–H and O–H groups in total. The number of amides is 1. The third kappa shape index (κ3) is 6.81. The molecule has 0 spiro atoms. The summed E-state index contributed by atoms with van der Waals surface area (Å²) in [5.74, 6) is 0.0393. The van der Waals surface area contributed by atoms with Crippen molar-refractivity contribution in [2.24, 2.45) is 0 Å². The van der Waals surface area contributed by atoms with Crippen LogP contribution in [0.25, 0.3) is 0 Å². The molecule has 0 atom stereocenters. The van der Waals surface area contributed by atoms with Crippen LogP contribution in [0.2, 0.25) is 5.02 Å². The van der Waals surface area contributed by atoms with E-state index in [2.05, 4.69) is 5.32 Å². The lowest BCUT2D eigenvalue weighted by molar-refractivity contribution is -0.121. The Morgan fingerprint density at radius 3 is 2.60 bits per heavy atom. The molecule has 0 aromatic heterocycles. The summed E-state index contributed by atoms with van der Waals surface area (Å²) < 4.78 is 36.5. The van der Waals surface area contributed by atoms with Crippen molar-refractivity contribution >= 4 is 27.5 Å². The third-order valence-electron chi connectivity index (χ3n) is 3.27. The Morgan fingerprint density at radius 2 is 2.00 bits per heavy atom. The van der Waals surface area contributed by atoms with Crippen molar-refractivity contribution in [3.8, 4) is 5.75 Å². The van der Waals surface area contributed by atoms with Gasteiger partial charge in [0.15, 0.2) is 0 Å². The van der Waals surface area contributed by atoms with Crippen LogP contribution < -0.4 is 10.1 Å². The van der Waals surface area contributed by atoms with Gasteiger partial charge >= 0.3 is 0 Å². The Balaban J connectivity index is 2.65. The molecule has 0 bridgehead atoms. The minimum Gasteiger partial charge on any atom is -0.492 e. The average Bonchev–Trinajstić information content (AvgIpc) is 2.56. The molecule has 0 aliphatic carbocycles. The predicted octanol–water partition coefficient (Wildman–Crippen LogP) is 1.90. The van der Waals surface area contributed by atoms with Gasteiger partial charge in [0.05, 0.1) is 23.1 Å². The van der Waals surface area contributed by atoms with E-state index < -0.39 is 10.0 Å². The largest absolute Gasteiger partial charge is 0.492 e. The fraction of sp³-hybridized carbons (Fsp3) is 0.562. The smallest absolute Gasteiger partial charge is 0.243 e. The zero-order valence-electron chi connectivity index (χ0n) is 14.7. The van der Waals surface area contributed by atoms with Crippen molar-refractivity contribution in [2.75, 3.05) is 40.0 Å². The van der Waals surface area contributed by atoms with E-state index in [1.807, 2.05) is 13.8 Å². The zero-order valence-corrected chi connectivity index (χ0v) is 16.3. The molecule has 0 saturated carbocycles. The van der Waals surface area contributed by atoms with Crippen molar-refractivity contribution in [3.05, 3.63) is 23.2 Å². The highest BCUT2D eigenvalue weighted by Gasteiger charge is 2.23. The monoisotopic (exact) mass is 392 g/mol. The van der Waals surface area contributed by atoms with Gasteiger partial charge in [0.25, 0.3) is 0 Å². The molecule has 0 fully saturated rings. The topological polar surface area (TPSA) is 84.9 Å². The van der Waals surface area contributed by atoms with Gasteiger partial charge in [-0.25, -0.2) is 8.42 Å². The van der Waals surface area contributed by atoms with E-state index in [9.17, 15) is 13.2 Å². The van der Waals surface area contributed by atoms with Gasteiger partial charge in [-0.1, -0.05) is 11.6 Å². The minimum absolute atomic E-state index is 0.00704. The van der Waals surface area contributed by atoms with Crippen LogP contribution >= 0.6 is 11.6 Å². The SMILES string of the molecule is CCOCCCNC(=O)CN(C)S(=O)(=O)c1ccc(OCC)c(Cl)c1. The van der Waals surface area contributed by atoms with Crippen LogP contribution in [0.4, 0.5) is 0 Å². The summed E-state index contributed by atoms with van der Waals surface area (Å²) in [5, 5.41) is 2.87. The molecular weight excluding hydrogens is 368 g/mol. The third-order valence-corrected chi connectivity index (χ3v) is 5.36. The quantitative estimate of drug-likeness (QED) is 0.581. The second-order valence-electron chi connectivity index (χ2n) is 5.19. The Hall–Kier alpha value is -1.35. The number of halogens is 1. The second-order valence-corrected chi connectivity index (χ2v) is 7.64. The van der Waals surface area contributed by atoms with E-state index in [4.69, 9.17) is 21.1 Å². The van der Waals surface area contributed by atoms with Gasteiger partial charge < -0.3 is 14.8 Å². The van der Waals surface area contributed by atoms with E-state index in [0.29, 0.717) is 38.5 Å². The normalized spacial score (nSPS) is 11.6. The molecule has 142 valence electrons. The number of nitrogens with zero attached hydrogens (tertiary/aromatic N) is 1. The summed E-state index contributed by atoms with van der Waals surface area (Å²) in [7, 11) is -2.47.